The number of benzene rings is 3. The Morgan fingerprint density at radius 2 is 1.64 bits per heavy atom. The van der Waals surface area contributed by atoms with Gasteiger partial charge < -0.3 is 5.32 Å². The highest BCUT2D eigenvalue weighted by molar-refractivity contribution is 7.92. The van der Waals surface area contributed by atoms with Crippen molar-refractivity contribution in [1.82, 2.24) is 0 Å². The summed E-state index contributed by atoms with van der Waals surface area (Å²) in [6, 6.07) is 13.8. The van der Waals surface area contributed by atoms with Crippen LogP contribution in [0, 0.1) is 11.6 Å². The summed E-state index contributed by atoms with van der Waals surface area (Å²) >= 11 is 5.82. The first-order valence-corrected chi connectivity index (χ1v) is 9.75. The molecule has 2 N–H and O–H groups in total. The zero-order chi connectivity index (χ0) is 20.3. The predicted octanol–water partition coefficient (Wildman–Crippen LogP) is 4.67. The lowest BCUT2D eigenvalue weighted by Crippen LogP contribution is -2.15. The molecule has 0 heterocycles. The monoisotopic (exact) mass is 422 g/mol. The third-order valence-electron chi connectivity index (χ3n) is 3.68. The van der Waals surface area contributed by atoms with E-state index in [4.69, 9.17) is 11.6 Å². The molecule has 0 spiro atoms. The topological polar surface area (TPSA) is 75.3 Å². The van der Waals surface area contributed by atoms with Gasteiger partial charge in [-0.2, -0.15) is 0 Å². The van der Waals surface area contributed by atoms with Crippen molar-refractivity contribution in [2.24, 2.45) is 0 Å². The minimum Gasteiger partial charge on any atom is -0.319 e. The molecule has 28 heavy (non-hydrogen) atoms. The molecule has 0 saturated carbocycles. The van der Waals surface area contributed by atoms with Crippen LogP contribution in [-0.2, 0) is 10.0 Å². The fraction of sp³-hybridized carbons (Fsp3) is 0. The van der Waals surface area contributed by atoms with Crippen LogP contribution in [0.25, 0.3) is 0 Å². The molecule has 0 unspecified atom stereocenters. The molecule has 3 aromatic carbocycles. The van der Waals surface area contributed by atoms with Gasteiger partial charge in [0.25, 0.3) is 15.9 Å². The predicted molar refractivity (Wildman–Crippen MR) is 103 cm³/mol. The van der Waals surface area contributed by atoms with E-state index in [1.807, 2.05) is 0 Å². The summed E-state index contributed by atoms with van der Waals surface area (Å²) in [7, 11) is -4.09. The maximum atomic E-state index is 14.3. The van der Waals surface area contributed by atoms with Gasteiger partial charge in [0.05, 0.1) is 10.6 Å². The molecule has 5 nitrogen and oxygen atoms in total. The number of amides is 1. The summed E-state index contributed by atoms with van der Waals surface area (Å²) in [5.41, 5.74) is 0.160. The van der Waals surface area contributed by atoms with E-state index in [2.05, 4.69) is 10.0 Å². The summed E-state index contributed by atoms with van der Waals surface area (Å²) in [5, 5.41) is 2.71. The van der Waals surface area contributed by atoms with Gasteiger partial charge in [-0.05, 0) is 60.7 Å². The first-order valence-electron chi connectivity index (χ1n) is 7.89. The number of anilines is 2. The molecule has 3 aromatic rings. The molecule has 0 bridgehead atoms. The normalized spacial score (nSPS) is 11.1. The van der Waals surface area contributed by atoms with Crippen molar-refractivity contribution in [3.05, 3.63) is 89.0 Å². The lowest BCUT2D eigenvalue weighted by atomic mass is 10.2. The van der Waals surface area contributed by atoms with E-state index in [-0.39, 0.29) is 21.8 Å². The van der Waals surface area contributed by atoms with Gasteiger partial charge in [0.2, 0.25) is 0 Å². The molecule has 0 aliphatic rings. The van der Waals surface area contributed by atoms with Crippen molar-refractivity contribution in [2.75, 3.05) is 10.0 Å². The van der Waals surface area contributed by atoms with Crippen LogP contribution in [0.1, 0.15) is 10.4 Å². The number of carbonyl (C=O) groups excluding carboxylic acids is 1. The SMILES string of the molecule is O=C(Nc1ccc(S(=O)(=O)Nc2ccc(F)cc2)cc1F)c1cccc(Cl)c1. The lowest BCUT2D eigenvalue weighted by molar-refractivity contribution is 0.102. The summed E-state index contributed by atoms with van der Waals surface area (Å²) in [6.07, 6.45) is 0. The fourth-order valence-corrected chi connectivity index (χ4v) is 3.58. The first kappa shape index (κ1) is 19.8. The zero-order valence-corrected chi connectivity index (χ0v) is 15.7. The molecule has 9 heteroatoms. The van der Waals surface area contributed by atoms with Crippen molar-refractivity contribution in [3.63, 3.8) is 0 Å². The molecule has 0 aromatic heterocycles. The summed E-state index contributed by atoms with van der Waals surface area (Å²) in [6.45, 7) is 0. The highest BCUT2D eigenvalue weighted by Gasteiger charge is 2.18. The van der Waals surface area contributed by atoms with E-state index >= 15 is 0 Å². The number of rotatable bonds is 5. The average Bonchev–Trinajstić information content (AvgIpc) is 2.65. The Morgan fingerprint density at radius 3 is 2.29 bits per heavy atom. The summed E-state index contributed by atoms with van der Waals surface area (Å²) in [4.78, 5) is 11.8. The number of sulfonamides is 1. The number of hydrogen-bond acceptors (Lipinski definition) is 3. The minimum absolute atomic E-state index is 0.125. The van der Waals surface area contributed by atoms with Crippen molar-refractivity contribution in [2.45, 2.75) is 4.90 Å². The molecule has 144 valence electrons. The standard InChI is InChI=1S/C19H13ClF2N2O3S/c20-13-3-1-2-12(10-13)19(25)23-18-9-8-16(11-17(18)22)28(26,27)24-15-6-4-14(21)5-7-15/h1-11,24H,(H,23,25). The molecule has 0 aliphatic heterocycles. The van der Waals surface area contributed by atoms with Crippen molar-refractivity contribution < 1.29 is 22.0 Å². The molecule has 0 saturated heterocycles. The largest absolute Gasteiger partial charge is 0.319 e. The molecule has 0 radical (unpaired) electrons. The van der Waals surface area contributed by atoms with Gasteiger partial charge >= 0.3 is 0 Å². The first-order chi connectivity index (χ1) is 13.2. The highest BCUT2D eigenvalue weighted by atomic mass is 35.5. The second kappa shape index (κ2) is 7.95. The van der Waals surface area contributed by atoms with Gasteiger partial charge in [-0.1, -0.05) is 17.7 Å². The Balaban J connectivity index is 1.79. The van der Waals surface area contributed by atoms with Crippen LogP contribution in [0.2, 0.25) is 5.02 Å². The molecule has 0 fully saturated rings. The van der Waals surface area contributed by atoms with Crippen LogP contribution in [0.3, 0.4) is 0 Å². The van der Waals surface area contributed by atoms with Crippen molar-refractivity contribution in [1.29, 1.82) is 0 Å². The van der Waals surface area contributed by atoms with Gasteiger partial charge in [0.15, 0.2) is 0 Å². The van der Waals surface area contributed by atoms with Gasteiger partial charge in [0, 0.05) is 16.3 Å². The maximum Gasteiger partial charge on any atom is 0.261 e. The lowest BCUT2D eigenvalue weighted by Gasteiger charge is -2.11. The van der Waals surface area contributed by atoms with Crippen molar-refractivity contribution >= 4 is 38.9 Å². The number of nitrogens with one attached hydrogen (secondary N) is 2. The minimum atomic E-state index is -4.09. The van der Waals surface area contributed by atoms with E-state index in [0.717, 1.165) is 30.3 Å². The van der Waals surface area contributed by atoms with Crippen molar-refractivity contribution in [3.8, 4) is 0 Å². The molecule has 0 atom stereocenters. The van der Waals surface area contributed by atoms with E-state index in [0.29, 0.717) is 5.02 Å². The van der Waals surface area contributed by atoms with Crippen LogP contribution in [0.5, 0.6) is 0 Å². The van der Waals surface area contributed by atoms with Gasteiger partial charge in [0.1, 0.15) is 11.6 Å². The Bertz CT molecular complexity index is 1140. The summed E-state index contributed by atoms with van der Waals surface area (Å²) in [5.74, 6) is -2.05. The maximum absolute atomic E-state index is 14.3. The van der Waals surface area contributed by atoms with Gasteiger partial charge in [-0.15, -0.1) is 0 Å². The Kier molecular flexibility index (Phi) is 5.62. The Labute approximate surface area is 165 Å². The van der Waals surface area contributed by atoms with E-state index < -0.39 is 27.6 Å². The van der Waals surface area contributed by atoms with Crippen LogP contribution in [-0.4, -0.2) is 14.3 Å². The van der Waals surface area contributed by atoms with Crippen LogP contribution in [0.15, 0.2) is 71.6 Å². The molecule has 0 aliphatic carbocycles. The van der Waals surface area contributed by atoms with Crippen LogP contribution >= 0.6 is 11.6 Å². The van der Waals surface area contributed by atoms with E-state index in [1.54, 1.807) is 12.1 Å². The number of carbonyl (C=O) groups is 1. The van der Waals surface area contributed by atoms with Crippen LogP contribution in [0.4, 0.5) is 20.2 Å². The second-order valence-electron chi connectivity index (χ2n) is 5.72. The van der Waals surface area contributed by atoms with E-state index in [1.165, 1.54) is 24.3 Å². The summed E-state index contributed by atoms with van der Waals surface area (Å²) < 4.78 is 54.2. The van der Waals surface area contributed by atoms with Gasteiger partial charge in [-0.25, -0.2) is 17.2 Å². The van der Waals surface area contributed by atoms with Gasteiger partial charge in [-0.3, -0.25) is 9.52 Å². The molecular formula is C19H13ClF2N2O3S. The smallest absolute Gasteiger partial charge is 0.261 e. The highest BCUT2D eigenvalue weighted by Crippen LogP contribution is 2.22. The third-order valence-corrected chi connectivity index (χ3v) is 5.30. The second-order valence-corrected chi connectivity index (χ2v) is 7.84. The number of hydrogen-bond donors (Lipinski definition) is 2. The van der Waals surface area contributed by atoms with E-state index in [9.17, 15) is 22.0 Å². The third kappa shape index (κ3) is 4.65. The fourth-order valence-electron chi connectivity index (χ4n) is 2.32. The molecular weight excluding hydrogens is 410 g/mol. The zero-order valence-electron chi connectivity index (χ0n) is 14.1. The Morgan fingerprint density at radius 1 is 0.929 bits per heavy atom. The molecule has 1 amide bonds. The quantitative estimate of drug-likeness (QED) is 0.627. The Hall–Kier alpha value is -2.97. The van der Waals surface area contributed by atoms with Crippen LogP contribution < -0.4 is 10.0 Å². The average molecular weight is 423 g/mol. The molecule has 3 rings (SSSR count). The number of halogens is 3.